The Labute approximate surface area is 194 Å². The molecule has 2 aromatic heterocycles. The van der Waals surface area contributed by atoms with Crippen molar-refractivity contribution in [3.63, 3.8) is 0 Å². The van der Waals surface area contributed by atoms with E-state index in [0.29, 0.717) is 38.3 Å². The third kappa shape index (κ3) is 4.60. The molecule has 8 nitrogen and oxygen atoms in total. The second kappa shape index (κ2) is 8.69. The molecule has 186 valence electrons. The lowest BCUT2D eigenvalue weighted by atomic mass is 9.93. The summed E-state index contributed by atoms with van der Waals surface area (Å²) in [6, 6.07) is 0. The van der Waals surface area contributed by atoms with E-state index in [9.17, 15) is 18.0 Å². The summed E-state index contributed by atoms with van der Waals surface area (Å²) in [5.74, 6) is -1.49. The van der Waals surface area contributed by atoms with E-state index >= 15 is 0 Å². The van der Waals surface area contributed by atoms with Crippen LogP contribution < -0.4 is 5.32 Å². The molecule has 0 saturated carbocycles. The average molecular weight is 483 g/mol. The van der Waals surface area contributed by atoms with E-state index in [2.05, 4.69) is 10.4 Å². The third-order valence-corrected chi connectivity index (χ3v) is 6.49. The van der Waals surface area contributed by atoms with E-state index in [1.807, 2.05) is 13.8 Å². The quantitative estimate of drug-likeness (QED) is 0.702. The molecule has 0 unspecified atom stereocenters. The number of hydrogen-bond acceptors (Lipinski definition) is 6. The van der Waals surface area contributed by atoms with Crippen LogP contribution in [0.1, 0.15) is 54.1 Å². The number of alkyl halides is 3. The molecular weight excluding hydrogens is 455 g/mol. The van der Waals surface area contributed by atoms with Crippen molar-refractivity contribution in [1.29, 1.82) is 0 Å². The summed E-state index contributed by atoms with van der Waals surface area (Å²) < 4.78 is 66.6. The van der Waals surface area contributed by atoms with Gasteiger partial charge in [-0.3, -0.25) is 9.48 Å². The first-order valence-electron chi connectivity index (χ1n) is 11.6. The lowest BCUT2D eigenvalue weighted by Gasteiger charge is -2.22. The van der Waals surface area contributed by atoms with Gasteiger partial charge in [0.2, 0.25) is 5.76 Å². The van der Waals surface area contributed by atoms with Gasteiger partial charge in [0.1, 0.15) is 17.4 Å². The van der Waals surface area contributed by atoms with E-state index in [4.69, 9.17) is 18.6 Å². The van der Waals surface area contributed by atoms with Crippen LogP contribution in [0.3, 0.4) is 0 Å². The maximum atomic E-state index is 14.2. The first kappa shape index (κ1) is 23.4. The number of furan rings is 1. The number of nitrogens with zero attached hydrogens (tertiary/aromatic N) is 2. The monoisotopic (exact) mass is 483 g/mol. The van der Waals surface area contributed by atoms with Crippen LogP contribution in [0.2, 0.25) is 0 Å². The van der Waals surface area contributed by atoms with Crippen molar-refractivity contribution in [2.24, 2.45) is 0 Å². The number of ether oxygens (including phenoxy) is 3. The number of rotatable bonds is 5. The summed E-state index contributed by atoms with van der Waals surface area (Å²) >= 11 is 0. The minimum atomic E-state index is -4.78. The number of carbonyl (C=O) groups excluding carboxylic acids is 1. The number of hydrogen-bond donors (Lipinski definition) is 1. The molecular formula is C23H28F3N3O5. The van der Waals surface area contributed by atoms with Gasteiger partial charge in [-0.1, -0.05) is 0 Å². The predicted molar refractivity (Wildman–Crippen MR) is 113 cm³/mol. The van der Waals surface area contributed by atoms with E-state index < -0.39 is 23.4 Å². The summed E-state index contributed by atoms with van der Waals surface area (Å²) in [6.45, 7) is 5.78. The fraction of sp³-hybridized carbons (Fsp3) is 0.652. The zero-order valence-corrected chi connectivity index (χ0v) is 19.2. The number of carbonyl (C=O) groups is 1. The van der Waals surface area contributed by atoms with Crippen LogP contribution in [0.4, 0.5) is 13.2 Å². The highest BCUT2D eigenvalue weighted by Gasteiger charge is 2.45. The number of aromatic nitrogens is 2. The van der Waals surface area contributed by atoms with Crippen molar-refractivity contribution < 1.29 is 36.6 Å². The molecule has 1 amide bonds. The molecule has 2 aliphatic heterocycles. The molecule has 2 saturated heterocycles. The summed E-state index contributed by atoms with van der Waals surface area (Å²) in [4.78, 5) is 12.8. The Bertz CT molecular complexity index is 1070. The van der Waals surface area contributed by atoms with Gasteiger partial charge >= 0.3 is 6.18 Å². The second-order valence-corrected chi connectivity index (χ2v) is 9.64. The Kier molecular flexibility index (Phi) is 5.97. The Morgan fingerprint density at radius 2 is 2.09 bits per heavy atom. The molecule has 1 aliphatic carbocycles. The summed E-state index contributed by atoms with van der Waals surface area (Å²) in [6.07, 6.45) is -1.23. The first-order chi connectivity index (χ1) is 16.1. The van der Waals surface area contributed by atoms with Crippen LogP contribution in [-0.2, 0) is 39.8 Å². The van der Waals surface area contributed by atoms with Crippen LogP contribution in [0.15, 0.2) is 10.6 Å². The molecule has 34 heavy (non-hydrogen) atoms. The zero-order chi connectivity index (χ0) is 24.1. The van der Waals surface area contributed by atoms with Gasteiger partial charge in [-0.05, 0) is 38.7 Å². The van der Waals surface area contributed by atoms with Crippen molar-refractivity contribution in [3.05, 3.63) is 28.8 Å². The highest BCUT2D eigenvalue weighted by Crippen LogP contribution is 2.46. The highest BCUT2D eigenvalue weighted by atomic mass is 19.4. The molecule has 5 rings (SSSR count). The molecule has 2 atom stereocenters. The molecule has 0 aromatic carbocycles. The average Bonchev–Trinajstić information content (AvgIpc) is 3.46. The van der Waals surface area contributed by atoms with Crippen LogP contribution in [0.5, 0.6) is 0 Å². The standard InChI is InChI=1S/C23H28F3N3O5/c1-22(2)6-5-14(34-22)9-27-21(30)20-18(23(24,25)26)17-16(33-20)4-3-13-10-29(28-19(13)17)11-15-12-31-7-8-32-15/h10,14-15H,3-9,11-12H2,1-2H3,(H,27,30)/t14-,15-/m0/s1. The van der Waals surface area contributed by atoms with Crippen LogP contribution >= 0.6 is 0 Å². The Hall–Kier alpha value is -2.37. The van der Waals surface area contributed by atoms with Gasteiger partial charge in [0.05, 0.1) is 49.3 Å². The molecule has 0 bridgehead atoms. The number of fused-ring (bicyclic) bond motifs is 3. The minimum absolute atomic E-state index is 0.119. The van der Waals surface area contributed by atoms with Gasteiger partial charge in [-0.25, -0.2) is 0 Å². The number of halogens is 3. The van der Waals surface area contributed by atoms with E-state index in [1.165, 1.54) is 0 Å². The summed E-state index contributed by atoms with van der Waals surface area (Å²) in [5, 5.41) is 7.00. The Balaban J connectivity index is 1.41. The lowest BCUT2D eigenvalue weighted by Crippen LogP contribution is -2.34. The van der Waals surface area contributed by atoms with Crippen molar-refractivity contribution in [1.82, 2.24) is 15.1 Å². The maximum absolute atomic E-state index is 14.2. The fourth-order valence-corrected chi connectivity index (χ4v) is 4.89. The number of aryl methyl sites for hydroxylation is 2. The van der Waals surface area contributed by atoms with Crippen molar-refractivity contribution in [2.75, 3.05) is 26.4 Å². The normalized spacial score (nSPS) is 24.0. The van der Waals surface area contributed by atoms with Crippen LogP contribution in [-0.4, -0.2) is 59.9 Å². The topological polar surface area (TPSA) is 87.8 Å². The minimum Gasteiger partial charge on any atom is -0.455 e. The summed E-state index contributed by atoms with van der Waals surface area (Å²) in [5.41, 5.74) is -0.633. The second-order valence-electron chi connectivity index (χ2n) is 9.64. The molecule has 4 heterocycles. The third-order valence-electron chi connectivity index (χ3n) is 6.49. The van der Waals surface area contributed by atoms with Gasteiger partial charge in [-0.2, -0.15) is 18.3 Å². The van der Waals surface area contributed by atoms with Gasteiger partial charge in [0.25, 0.3) is 5.91 Å². The molecule has 1 N–H and O–H groups in total. The Morgan fingerprint density at radius 3 is 2.76 bits per heavy atom. The SMILES string of the molecule is CC1(C)CC[C@@H](CNC(=O)c2oc3c(c2C(F)(F)F)-c2nn(C[C@H]4COCCO4)cc2CC3)O1. The van der Waals surface area contributed by atoms with Crippen LogP contribution in [0, 0.1) is 0 Å². The van der Waals surface area contributed by atoms with Crippen molar-refractivity contribution >= 4 is 5.91 Å². The molecule has 2 fully saturated rings. The summed E-state index contributed by atoms with van der Waals surface area (Å²) in [7, 11) is 0. The van der Waals surface area contributed by atoms with E-state index in [0.717, 1.165) is 12.8 Å². The molecule has 0 spiro atoms. The Morgan fingerprint density at radius 1 is 1.26 bits per heavy atom. The fourth-order valence-electron chi connectivity index (χ4n) is 4.89. The molecule has 3 aliphatic rings. The molecule has 2 aromatic rings. The highest BCUT2D eigenvalue weighted by molar-refractivity contribution is 5.96. The zero-order valence-electron chi connectivity index (χ0n) is 19.2. The smallest absolute Gasteiger partial charge is 0.420 e. The number of amides is 1. The van der Waals surface area contributed by atoms with Gasteiger partial charge in [-0.15, -0.1) is 0 Å². The van der Waals surface area contributed by atoms with Crippen molar-refractivity contribution in [2.45, 2.75) is 70.1 Å². The molecule has 11 heteroatoms. The predicted octanol–water partition coefficient (Wildman–Crippen LogP) is 3.36. The number of nitrogens with one attached hydrogen (secondary N) is 1. The van der Waals surface area contributed by atoms with E-state index in [1.54, 1.807) is 10.9 Å². The van der Waals surface area contributed by atoms with Gasteiger partial charge in [0, 0.05) is 19.2 Å². The van der Waals surface area contributed by atoms with Crippen LogP contribution in [0.25, 0.3) is 11.3 Å². The van der Waals surface area contributed by atoms with Gasteiger partial charge in [0.15, 0.2) is 0 Å². The first-order valence-corrected chi connectivity index (χ1v) is 11.6. The van der Waals surface area contributed by atoms with Gasteiger partial charge < -0.3 is 23.9 Å². The lowest BCUT2D eigenvalue weighted by molar-refractivity contribution is -0.137. The molecule has 0 radical (unpaired) electrons. The maximum Gasteiger partial charge on any atom is 0.420 e. The van der Waals surface area contributed by atoms with E-state index in [-0.39, 0.29) is 47.8 Å². The largest absolute Gasteiger partial charge is 0.455 e. The van der Waals surface area contributed by atoms with Crippen molar-refractivity contribution in [3.8, 4) is 11.3 Å².